The molecule has 0 saturated carbocycles. The second-order valence-electron chi connectivity index (χ2n) is 4.21. The van der Waals surface area contributed by atoms with Crippen molar-refractivity contribution in [1.82, 2.24) is 4.90 Å². The molecule has 2 rings (SSSR count). The Hall–Kier alpha value is -2.16. The van der Waals surface area contributed by atoms with Crippen LogP contribution in [0.5, 0.6) is 0 Å². The molecule has 0 saturated heterocycles. The number of hydrogen-bond donors (Lipinski definition) is 2. The number of nitro benzene ring substituents is 1. The summed E-state index contributed by atoms with van der Waals surface area (Å²) >= 11 is 11.8. The number of halogens is 2. The fourth-order valence-electron chi connectivity index (χ4n) is 1.84. The van der Waals surface area contributed by atoms with Gasteiger partial charge >= 0.3 is 0 Å². The quantitative estimate of drug-likeness (QED) is 0.475. The van der Waals surface area contributed by atoms with Crippen LogP contribution < -0.4 is 5.32 Å². The number of β-amino-alcohol motifs (C(OH)–C–C–N with tert-alkyl or cyclic N) is 1. The van der Waals surface area contributed by atoms with Crippen LogP contribution in [0.4, 0.5) is 11.4 Å². The molecule has 0 aliphatic carbocycles. The normalized spacial score (nSPS) is 14.3. The van der Waals surface area contributed by atoms with Crippen molar-refractivity contribution in [3.05, 3.63) is 44.1 Å². The number of amides is 2. The maximum absolute atomic E-state index is 12.0. The van der Waals surface area contributed by atoms with E-state index in [0.29, 0.717) is 0 Å². The van der Waals surface area contributed by atoms with E-state index < -0.39 is 22.4 Å². The lowest BCUT2D eigenvalue weighted by Gasteiger charge is -2.14. The molecule has 1 aromatic carbocycles. The Balaban J connectivity index is 2.34. The molecule has 0 unspecified atom stereocenters. The van der Waals surface area contributed by atoms with Gasteiger partial charge < -0.3 is 10.4 Å². The lowest BCUT2D eigenvalue weighted by Crippen LogP contribution is -2.34. The molecule has 1 aliphatic heterocycles. The van der Waals surface area contributed by atoms with E-state index in [1.807, 2.05) is 0 Å². The molecule has 10 heteroatoms. The molecule has 0 atom stereocenters. The van der Waals surface area contributed by atoms with Gasteiger partial charge in [-0.2, -0.15) is 0 Å². The van der Waals surface area contributed by atoms with E-state index in [4.69, 9.17) is 28.3 Å². The minimum atomic E-state index is -0.697. The molecule has 2 amide bonds. The highest BCUT2D eigenvalue weighted by Gasteiger charge is 2.32. The molecule has 0 fully saturated rings. The number of nitrogens with one attached hydrogen (secondary N) is 1. The number of rotatable bonds is 5. The molecule has 0 spiro atoms. The minimum absolute atomic E-state index is 0.0456. The number of hydrogen-bond acceptors (Lipinski definition) is 6. The summed E-state index contributed by atoms with van der Waals surface area (Å²) in [5, 5.41) is 22.0. The van der Waals surface area contributed by atoms with Gasteiger partial charge in [-0.05, 0) is 6.07 Å². The molecule has 116 valence electrons. The summed E-state index contributed by atoms with van der Waals surface area (Å²) < 4.78 is 0. The van der Waals surface area contributed by atoms with Gasteiger partial charge in [0.05, 0.1) is 28.8 Å². The van der Waals surface area contributed by atoms with Crippen LogP contribution in [0.25, 0.3) is 0 Å². The number of nitrogens with zero attached hydrogens (tertiary/aromatic N) is 2. The standard InChI is InChI=1S/C12H9Cl2N3O5/c13-6-1-2-8(17(21)22)10(14)11(6)15-7-5-9(19)16(3-4-18)12(7)20/h1-2,5,15,18H,3-4H2. The molecule has 2 N–H and O–H groups in total. The summed E-state index contributed by atoms with van der Waals surface area (Å²) in [6, 6.07) is 2.38. The van der Waals surface area contributed by atoms with Crippen molar-refractivity contribution >= 4 is 46.4 Å². The first kappa shape index (κ1) is 16.2. The van der Waals surface area contributed by atoms with E-state index in [1.165, 1.54) is 6.07 Å². The Morgan fingerprint density at radius 3 is 2.59 bits per heavy atom. The van der Waals surface area contributed by atoms with Gasteiger partial charge in [0.2, 0.25) is 0 Å². The third-order valence-corrected chi connectivity index (χ3v) is 3.56. The van der Waals surface area contributed by atoms with Crippen LogP contribution in [0.15, 0.2) is 23.9 Å². The van der Waals surface area contributed by atoms with Crippen LogP contribution in [0, 0.1) is 10.1 Å². The highest BCUT2D eigenvalue weighted by atomic mass is 35.5. The largest absolute Gasteiger partial charge is 0.395 e. The van der Waals surface area contributed by atoms with Crippen LogP contribution in [-0.4, -0.2) is 39.9 Å². The van der Waals surface area contributed by atoms with Crippen LogP contribution in [-0.2, 0) is 9.59 Å². The number of nitro groups is 1. The average Bonchev–Trinajstić information content (AvgIpc) is 2.71. The SMILES string of the molecule is O=C1C=C(Nc2c(Cl)ccc([N+](=O)[O-])c2Cl)C(=O)N1CCO. The highest BCUT2D eigenvalue weighted by molar-refractivity contribution is 6.40. The molecule has 0 radical (unpaired) electrons. The summed E-state index contributed by atoms with van der Waals surface area (Å²) in [5.74, 6) is -1.29. The molecular weight excluding hydrogens is 337 g/mol. The fourth-order valence-corrected chi connectivity index (χ4v) is 2.38. The molecule has 0 bridgehead atoms. The monoisotopic (exact) mass is 345 g/mol. The van der Waals surface area contributed by atoms with Crippen molar-refractivity contribution in [1.29, 1.82) is 0 Å². The smallest absolute Gasteiger partial charge is 0.290 e. The van der Waals surface area contributed by atoms with Crippen LogP contribution in [0.3, 0.4) is 0 Å². The highest BCUT2D eigenvalue weighted by Crippen LogP contribution is 2.38. The Kier molecular flexibility index (Phi) is 4.65. The molecule has 1 heterocycles. The first-order valence-electron chi connectivity index (χ1n) is 5.94. The third-order valence-electron chi connectivity index (χ3n) is 2.86. The van der Waals surface area contributed by atoms with E-state index in [1.54, 1.807) is 0 Å². The van der Waals surface area contributed by atoms with E-state index in [-0.39, 0.29) is 34.6 Å². The molecule has 0 aromatic heterocycles. The first-order valence-corrected chi connectivity index (χ1v) is 6.70. The predicted molar refractivity (Wildman–Crippen MR) is 78.6 cm³/mol. The molecule has 1 aromatic rings. The maximum atomic E-state index is 12.0. The van der Waals surface area contributed by atoms with E-state index in [9.17, 15) is 19.7 Å². The summed E-state index contributed by atoms with van der Waals surface area (Å²) in [4.78, 5) is 34.6. The van der Waals surface area contributed by atoms with Crippen molar-refractivity contribution in [3.63, 3.8) is 0 Å². The van der Waals surface area contributed by atoms with Gasteiger partial charge in [0.15, 0.2) is 0 Å². The third kappa shape index (κ3) is 2.89. The Bertz CT molecular complexity index is 704. The number of imide groups is 1. The van der Waals surface area contributed by atoms with Crippen molar-refractivity contribution in [3.8, 4) is 0 Å². The zero-order valence-corrected chi connectivity index (χ0v) is 12.4. The van der Waals surface area contributed by atoms with Crippen molar-refractivity contribution in [2.24, 2.45) is 0 Å². The predicted octanol–water partition coefficient (Wildman–Crippen LogP) is 1.56. The number of anilines is 1. The number of benzene rings is 1. The Morgan fingerprint density at radius 2 is 2.00 bits per heavy atom. The molecule has 1 aliphatic rings. The van der Waals surface area contributed by atoms with Crippen molar-refractivity contribution < 1.29 is 19.6 Å². The van der Waals surface area contributed by atoms with E-state index >= 15 is 0 Å². The van der Waals surface area contributed by atoms with Gasteiger partial charge in [-0.1, -0.05) is 23.2 Å². The molecule has 22 heavy (non-hydrogen) atoms. The van der Waals surface area contributed by atoms with Gasteiger partial charge in [0, 0.05) is 12.1 Å². The lowest BCUT2D eigenvalue weighted by molar-refractivity contribution is -0.384. The van der Waals surface area contributed by atoms with Crippen molar-refractivity contribution in [2.45, 2.75) is 0 Å². The van der Waals surface area contributed by atoms with Gasteiger partial charge in [-0.25, -0.2) is 0 Å². The summed E-state index contributed by atoms with van der Waals surface area (Å²) in [6.07, 6.45) is 1.00. The molecule has 8 nitrogen and oxygen atoms in total. The van der Waals surface area contributed by atoms with E-state index in [2.05, 4.69) is 5.32 Å². The second-order valence-corrected chi connectivity index (χ2v) is 5.00. The number of carbonyl (C=O) groups excluding carboxylic acids is 2. The summed E-state index contributed by atoms with van der Waals surface area (Å²) in [5.41, 5.74) is -0.573. The zero-order valence-electron chi connectivity index (χ0n) is 10.9. The first-order chi connectivity index (χ1) is 10.4. The maximum Gasteiger partial charge on any atom is 0.290 e. The topological polar surface area (TPSA) is 113 Å². The number of aliphatic hydroxyl groups is 1. The summed E-state index contributed by atoms with van der Waals surface area (Å²) in [6.45, 7) is -0.535. The number of carbonyl (C=O) groups is 2. The fraction of sp³-hybridized carbons (Fsp3) is 0.167. The van der Waals surface area contributed by atoms with Crippen LogP contribution in [0.1, 0.15) is 0 Å². The lowest BCUT2D eigenvalue weighted by atomic mass is 10.2. The van der Waals surface area contributed by atoms with Crippen LogP contribution in [0.2, 0.25) is 10.0 Å². The average molecular weight is 346 g/mol. The zero-order chi connectivity index (χ0) is 16.4. The van der Waals surface area contributed by atoms with E-state index in [0.717, 1.165) is 17.0 Å². The van der Waals surface area contributed by atoms with Gasteiger partial charge in [-0.3, -0.25) is 24.6 Å². The van der Waals surface area contributed by atoms with Gasteiger partial charge in [-0.15, -0.1) is 0 Å². The van der Waals surface area contributed by atoms with Gasteiger partial charge in [0.25, 0.3) is 17.5 Å². The summed E-state index contributed by atoms with van der Waals surface area (Å²) in [7, 11) is 0. The van der Waals surface area contributed by atoms with Crippen molar-refractivity contribution in [2.75, 3.05) is 18.5 Å². The Morgan fingerprint density at radius 1 is 1.32 bits per heavy atom. The second kappa shape index (κ2) is 6.30. The number of aliphatic hydroxyl groups excluding tert-OH is 1. The van der Waals surface area contributed by atoms with Gasteiger partial charge in [0.1, 0.15) is 10.7 Å². The van der Waals surface area contributed by atoms with Crippen LogP contribution >= 0.6 is 23.2 Å². The Labute approximate surface area is 134 Å². The minimum Gasteiger partial charge on any atom is -0.395 e. The molecular formula is C12H9Cl2N3O5.